The van der Waals surface area contributed by atoms with Crippen LogP contribution in [0.5, 0.6) is 0 Å². The van der Waals surface area contributed by atoms with Crippen LogP contribution >= 0.6 is 0 Å². The molecule has 0 rings (SSSR count). The SMILES string of the molecule is CCC(C)[C@H](OC(C)C)C(=O)N[C@@H](CCC(=O)C=N)C(=O)OC(C)C. The molecule has 0 spiro atoms. The zero-order valence-corrected chi connectivity index (χ0v) is 16.1. The third-order valence-electron chi connectivity index (χ3n) is 3.63. The molecule has 1 amide bonds. The molecule has 25 heavy (non-hydrogen) atoms. The molecular weight excluding hydrogens is 324 g/mol. The van der Waals surface area contributed by atoms with E-state index in [1.165, 1.54) is 0 Å². The molecule has 2 N–H and O–H groups in total. The minimum Gasteiger partial charge on any atom is -0.461 e. The van der Waals surface area contributed by atoms with Crippen molar-refractivity contribution in [2.24, 2.45) is 5.92 Å². The molecule has 0 aliphatic carbocycles. The summed E-state index contributed by atoms with van der Waals surface area (Å²) in [6.07, 6.45) is 0.376. The highest BCUT2D eigenvalue weighted by molar-refractivity contribution is 6.26. The van der Waals surface area contributed by atoms with Crippen LogP contribution in [0.15, 0.2) is 0 Å². The summed E-state index contributed by atoms with van der Waals surface area (Å²) in [5.41, 5.74) is 0. The summed E-state index contributed by atoms with van der Waals surface area (Å²) >= 11 is 0. The second kappa shape index (κ2) is 11.7. The van der Waals surface area contributed by atoms with Crippen molar-refractivity contribution >= 4 is 23.9 Å². The van der Waals surface area contributed by atoms with E-state index in [0.717, 1.165) is 6.42 Å². The lowest BCUT2D eigenvalue weighted by molar-refractivity contribution is -0.154. The molecule has 0 aliphatic heterocycles. The van der Waals surface area contributed by atoms with Crippen LogP contribution in [0.4, 0.5) is 0 Å². The molecular formula is C18H32N2O5. The monoisotopic (exact) mass is 356 g/mol. The maximum atomic E-state index is 12.6. The molecule has 0 aliphatic rings. The van der Waals surface area contributed by atoms with Gasteiger partial charge < -0.3 is 20.2 Å². The lowest BCUT2D eigenvalue weighted by Crippen LogP contribution is -2.49. The molecule has 0 radical (unpaired) electrons. The van der Waals surface area contributed by atoms with Crippen molar-refractivity contribution in [3.05, 3.63) is 0 Å². The van der Waals surface area contributed by atoms with E-state index in [4.69, 9.17) is 14.9 Å². The van der Waals surface area contributed by atoms with Crippen LogP contribution in [0.25, 0.3) is 0 Å². The van der Waals surface area contributed by atoms with Crippen LogP contribution in [-0.4, -0.2) is 48.2 Å². The van der Waals surface area contributed by atoms with E-state index in [1.807, 2.05) is 27.7 Å². The second-order valence-electron chi connectivity index (χ2n) is 6.69. The van der Waals surface area contributed by atoms with Gasteiger partial charge in [-0.15, -0.1) is 0 Å². The standard InChI is InChI=1S/C18H32N2O5/c1-7-13(6)16(24-11(2)3)17(22)20-15(9-8-14(21)10-19)18(23)25-12(4)5/h10-13,15-16,19H,7-9H2,1-6H3,(H,20,22)/t13?,15-,16-/m0/s1. The lowest BCUT2D eigenvalue weighted by atomic mass is 10.00. The number of amides is 1. The molecule has 144 valence electrons. The smallest absolute Gasteiger partial charge is 0.328 e. The average Bonchev–Trinajstić information content (AvgIpc) is 2.53. The van der Waals surface area contributed by atoms with Gasteiger partial charge in [0.15, 0.2) is 5.78 Å². The van der Waals surface area contributed by atoms with Crippen molar-refractivity contribution in [3.8, 4) is 0 Å². The van der Waals surface area contributed by atoms with E-state index in [-0.39, 0.29) is 31.0 Å². The highest BCUT2D eigenvalue weighted by Gasteiger charge is 2.31. The van der Waals surface area contributed by atoms with Crippen LogP contribution < -0.4 is 5.32 Å². The van der Waals surface area contributed by atoms with Crippen LogP contribution in [0.1, 0.15) is 60.8 Å². The number of esters is 1. The summed E-state index contributed by atoms with van der Waals surface area (Å²) in [6, 6.07) is -0.943. The summed E-state index contributed by atoms with van der Waals surface area (Å²) in [6.45, 7) is 11.0. The molecule has 0 aromatic rings. The van der Waals surface area contributed by atoms with Gasteiger partial charge in [-0.25, -0.2) is 4.79 Å². The van der Waals surface area contributed by atoms with E-state index >= 15 is 0 Å². The van der Waals surface area contributed by atoms with Crippen molar-refractivity contribution in [2.45, 2.75) is 85.2 Å². The van der Waals surface area contributed by atoms with E-state index in [2.05, 4.69) is 5.32 Å². The summed E-state index contributed by atoms with van der Waals surface area (Å²) in [4.78, 5) is 36.2. The summed E-state index contributed by atoms with van der Waals surface area (Å²) in [7, 11) is 0. The number of hydrogen-bond donors (Lipinski definition) is 2. The summed E-state index contributed by atoms with van der Waals surface area (Å²) in [5.74, 6) is -1.41. The highest BCUT2D eigenvalue weighted by Crippen LogP contribution is 2.15. The Bertz CT molecular complexity index is 462. The molecule has 7 nitrogen and oxygen atoms in total. The molecule has 0 fully saturated rings. The maximum Gasteiger partial charge on any atom is 0.328 e. The van der Waals surface area contributed by atoms with Crippen molar-refractivity contribution in [2.75, 3.05) is 0 Å². The predicted molar refractivity (Wildman–Crippen MR) is 95.6 cm³/mol. The van der Waals surface area contributed by atoms with Gasteiger partial charge in [0.05, 0.1) is 18.4 Å². The van der Waals surface area contributed by atoms with Gasteiger partial charge in [0.2, 0.25) is 5.91 Å². The first kappa shape index (κ1) is 23.2. The molecule has 0 saturated heterocycles. The van der Waals surface area contributed by atoms with Gasteiger partial charge >= 0.3 is 5.97 Å². The molecule has 0 heterocycles. The Morgan fingerprint density at radius 2 is 1.68 bits per heavy atom. The number of carbonyl (C=O) groups is 3. The maximum absolute atomic E-state index is 12.6. The van der Waals surface area contributed by atoms with E-state index in [9.17, 15) is 14.4 Å². The van der Waals surface area contributed by atoms with Gasteiger partial charge in [-0.05, 0) is 40.0 Å². The third kappa shape index (κ3) is 9.34. The fourth-order valence-electron chi connectivity index (χ4n) is 2.14. The fraction of sp³-hybridized carbons (Fsp3) is 0.778. The quantitative estimate of drug-likeness (QED) is 0.412. The summed E-state index contributed by atoms with van der Waals surface area (Å²) in [5, 5.41) is 9.60. The minimum absolute atomic E-state index is 0.0132. The molecule has 0 bridgehead atoms. The van der Waals surface area contributed by atoms with Crippen LogP contribution in [0.3, 0.4) is 0 Å². The number of hydrogen-bond acceptors (Lipinski definition) is 6. The van der Waals surface area contributed by atoms with Crippen molar-refractivity contribution in [3.63, 3.8) is 0 Å². The van der Waals surface area contributed by atoms with Crippen molar-refractivity contribution < 1.29 is 23.9 Å². The first-order valence-electron chi connectivity index (χ1n) is 8.81. The molecule has 7 heteroatoms. The number of nitrogens with one attached hydrogen (secondary N) is 2. The van der Waals surface area contributed by atoms with E-state index < -0.39 is 29.8 Å². The molecule has 0 aromatic heterocycles. The molecule has 1 unspecified atom stereocenters. The fourth-order valence-corrected chi connectivity index (χ4v) is 2.14. The van der Waals surface area contributed by atoms with Crippen LogP contribution in [0, 0.1) is 11.3 Å². The number of rotatable bonds is 12. The Kier molecular flexibility index (Phi) is 10.9. The zero-order chi connectivity index (χ0) is 19.6. The van der Waals surface area contributed by atoms with Gasteiger partial charge in [-0.3, -0.25) is 9.59 Å². The minimum atomic E-state index is -0.943. The third-order valence-corrected chi connectivity index (χ3v) is 3.63. The van der Waals surface area contributed by atoms with Crippen molar-refractivity contribution in [1.82, 2.24) is 5.32 Å². The number of ether oxygens (including phenoxy) is 2. The Balaban J connectivity index is 5.14. The first-order chi connectivity index (χ1) is 11.6. The van der Waals surface area contributed by atoms with Crippen LogP contribution in [0.2, 0.25) is 0 Å². The highest BCUT2D eigenvalue weighted by atomic mass is 16.5. The Hall–Kier alpha value is -1.76. The van der Waals surface area contributed by atoms with Gasteiger partial charge in [-0.2, -0.15) is 0 Å². The number of Topliss-reactive ketones (excluding diaryl/α,β-unsaturated/α-hetero) is 1. The Morgan fingerprint density at radius 3 is 2.12 bits per heavy atom. The molecule has 0 saturated carbocycles. The Morgan fingerprint density at radius 1 is 1.08 bits per heavy atom. The summed E-state index contributed by atoms with van der Waals surface area (Å²) < 4.78 is 10.9. The van der Waals surface area contributed by atoms with E-state index in [0.29, 0.717) is 6.21 Å². The zero-order valence-electron chi connectivity index (χ0n) is 16.1. The molecule has 3 atom stereocenters. The van der Waals surface area contributed by atoms with E-state index in [1.54, 1.807) is 13.8 Å². The largest absolute Gasteiger partial charge is 0.461 e. The lowest BCUT2D eigenvalue weighted by Gasteiger charge is -2.27. The topological polar surface area (TPSA) is 106 Å². The van der Waals surface area contributed by atoms with Gasteiger partial charge in [0.25, 0.3) is 0 Å². The first-order valence-corrected chi connectivity index (χ1v) is 8.81. The second-order valence-corrected chi connectivity index (χ2v) is 6.69. The van der Waals surface area contributed by atoms with Gasteiger partial charge in [0.1, 0.15) is 12.1 Å². The average molecular weight is 356 g/mol. The van der Waals surface area contributed by atoms with Gasteiger partial charge in [-0.1, -0.05) is 20.3 Å². The van der Waals surface area contributed by atoms with Crippen LogP contribution in [-0.2, 0) is 23.9 Å². The Labute approximate surface area is 150 Å². The van der Waals surface area contributed by atoms with Gasteiger partial charge in [0, 0.05) is 6.42 Å². The molecule has 0 aromatic carbocycles. The normalized spacial score (nSPS) is 14.7. The number of ketones is 1. The number of carbonyl (C=O) groups excluding carboxylic acids is 3. The predicted octanol–water partition coefficient (Wildman–Crippen LogP) is 2.26. The van der Waals surface area contributed by atoms with Crippen molar-refractivity contribution in [1.29, 1.82) is 5.41 Å².